The van der Waals surface area contributed by atoms with Gasteiger partial charge in [-0.1, -0.05) is 17.7 Å². The predicted molar refractivity (Wildman–Crippen MR) is 84.9 cm³/mol. The summed E-state index contributed by atoms with van der Waals surface area (Å²) in [5.41, 5.74) is 12.0. The standard InChI is InChI=1S/C16H18N4O2/c1-10-4-6-14(7-5-10)20-11(2)8-13(12(20)3)9-18-19-16(22)15(17)21/h4-9H,1-3H3,(H2,17,21)(H,19,22)/b18-9+. The van der Waals surface area contributed by atoms with Crippen molar-refractivity contribution in [3.63, 3.8) is 0 Å². The van der Waals surface area contributed by atoms with Crippen LogP contribution in [0.4, 0.5) is 0 Å². The molecule has 0 saturated carbocycles. The van der Waals surface area contributed by atoms with Crippen LogP contribution in [0.1, 0.15) is 22.5 Å². The number of aromatic nitrogens is 1. The Labute approximate surface area is 128 Å². The molecule has 0 radical (unpaired) electrons. The number of rotatable bonds is 3. The molecule has 0 spiro atoms. The van der Waals surface area contributed by atoms with E-state index in [9.17, 15) is 9.59 Å². The normalized spacial score (nSPS) is 10.9. The molecule has 0 aliphatic heterocycles. The van der Waals surface area contributed by atoms with Crippen molar-refractivity contribution < 1.29 is 9.59 Å². The van der Waals surface area contributed by atoms with E-state index in [1.807, 2.05) is 39.0 Å². The highest BCUT2D eigenvalue weighted by Gasteiger charge is 2.10. The number of carbonyl (C=O) groups is 2. The van der Waals surface area contributed by atoms with Crippen LogP contribution in [0.3, 0.4) is 0 Å². The first-order valence-electron chi connectivity index (χ1n) is 6.79. The van der Waals surface area contributed by atoms with Gasteiger partial charge in [0.05, 0.1) is 6.21 Å². The van der Waals surface area contributed by atoms with Gasteiger partial charge < -0.3 is 10.3 Å². The average molecular weight is 298 g/mol. The lowest BCUT2D eigenvalue weighted by Crippen LogP contribution is -2.32. The molecule has 0 fully saturated rings. The molecule has 0 saturated heterocycles. The van der Waals surface area contributed by atoms with Gasteiger partial charge >= 0.3 is 11.8 Å². The van der Waals surface area contributed by atoms with Gasteiger partial charge in [-0.15, -0.1) is 0 Å². The fourth-order valence-corrected chi connectivity index (χ4v) is 2.23. The Morgan fingerprint density at radius 1 is 1.18 bits per heavy atom. The minimum atomic E-state index is -1.07. The number of hydrogen-bond donors (Lipinski definition) is 2. The van der Waals surface area contributed by atoms with Crippen molar-refractivity contribution >= 4 is 18.0 Å². The molecule has 0 unspecified atom stereocenters. The highest BCUT2D eigenvalue weighted by molar-refractivity contribution is 6.34. The number of primary amides is 1. The molecule has 0 aliphatic carbocycles. The van der Waals surface area contributed by atoms with E-state index in [-0.39, 0.29) is 0 Å². The average Bonchev–Trinajstić information content (AvgIpc) is 2.74. The molecular formula is C16H18N4O2. The van der Waals surface area contributed by atoms with Gasteiger partial charge in [0.25, 0.3) is 0 Å². The van der Waals surface area contributed by atoms with E-state index in [0.717, 1.165) is 22.6 Å². The Bertz CT molecular complexity index is 742. The van der Waals surface area contributed by atoms with Crippen LogP contribution in [-0.4, -0.2) is 22.6 Å². The minimum Gasteiger partial charge on any atom is -0.361 e. The number of benzene rings is 1. The lowest BCUT2D eigenvalue weighted by Gasteiger charge is -2.09. The van der Waals surface area contributed by atoms with E-state index in [1.165, 1.54) is 11.8 Å². The first kappa shape index (κ1) is 15.5. The second-order valence-electron chi connectivity index (χ2n) is 5.06. The van der Waals surface area contributed by atoms with Crippen LogP contribution in [0, 0.1) is 20.8 Å². The second-order valence-corrected chi connectivity index (χ2v) is 5.06. The number of nitrogens with zero attached hydrogens (tertiary/aromatic N) is 2. The Kier molecular flexibility index (Phi) is 4.41. The first-order valence-corrected chi connectivity index (χ1v) is 6.79. The van der Waals surface area contributed by atoms with Crippen LogP contribution in [0.5, 0.6) is 0 Å². The van der Waals surface area contributed by atoms with Gasteiger partial charge in [-0.2, -0.15) is 5.10 Å². The van der Waals surface area contributed by atoms with Gasteiger partial charge in [-0.3, -0.25) is 9.59 Å². The number of aryl methyl sites for hydroxylation is 2. The van der Waals surface area contributed by atoms with Crippen LogP contribution >= 0.6 is 0 Å². The summed E-state index contributed by atoms with van der Waals surface area (Å²) in [5, 5.41) is 3.75. The monoisotopic (exact) mass is 298 g/mol. The summed E-state index contributed by atoms with van der Waals surface area (Å²) in [4.78, 5) is 21.7. The first-order chi connectivity index (χ1) is 10.4. The Hall–Kier alpha value is -2.89. The van der Waals surface area contributed by atoms with Crippen LogP contribution in [0.15, 0.2) is 35.4 Å². The lowest BCUT2D eigenvalue weighted by atomic mass is 10.2. The van der Waals surface area contributed by atoms with Crippen molar-refractivity contribution in [1.29, 1.82) is 0 Å². The summed E-state index contributed by atoms with van der Waals surface area (Å²) in [7, 11) is 0. The number of nitrogens with one attached hydrogen (secondary N) is 1. The molecule has 1 aromatic heterocycles. The summed E-state index contributed by atoms with van der Waals surface area (Å²) in [6.45, 7) is 6.00. The molecule has 1 heterocycles. The smallest absolute Gasteiger partial charge is 0.329 e. The molecule has 0 aliphatic rings. The molecule has 114 valence electrons. The summed E-state index contributed by atoms with van der Waals surface area (Å²) in [6.07, 6.45) is 1.49. The second kappa shape index (κ2) is 6.26. The zero-order valence-electron chi connectivity index (χ0n) is 12.8. The van der Waals surface area contributed by atoms with E-state index >= 15 is 0 Å². The number of hydrogen-bond acceptors (Lipinski definition) is 3. The molecule has 1 aromatic carbocycles. The topological polar surface area (TPSA) is 89.5 Å². The minimum absolute atomic E-state index is 0.850. The quantitative estimate of drug-likeness (QED) is 0.508. The van der Waals surface area contributed by atoms with Gasteiger partial charge in [0, 0.05) is 22.6 Å². The van der Waals surface area contributed by atoms with E-state index in [2.05, 4.69) is 27.2 Å². The van der Waals surface area contributed by atoms with Crippen molar-refractivity contribution in [1.82, 2.24) is 9.99 Å². The molecule has 22 heavy (non-hydrogen) atoms. The fourth-order valence-electron chi connectivity index (χ4n) is 2.23. The third kappa shape index (κ3) is 3.22. The van der Waals surface area contributed by atoms with E-state index < -0.39 is 11.8 Å². The zero-order chi connectivity index (χ0) is 16.3. The summed E-state index contributed by atoms with van der Waals surface area (Å²) in [5.74, 6) is -2.01. The molecule has 6 heteroatoms. The Morgan fingerprint density at radius 2 is 1.82 bits per heavy atom. The van der Waals surface area contributed by atoms with Crippen molar-refractivity contribution in [2.45, 2.75) is 20.8 Å². The van der Waals surface area contributed by atoms with Gasteiger partial charge in [-0.25, -0.2) is 5.43 Å². The highest BCUT2D eigenvalue weighted by atomic mass is 16.2. The highest BCUT2D eigenvalue weighted by Crippen LogP contribution is 2.20. The predicted octanol–water partition coefficient (Wildman–Crippen LogP) is 1.34. The van der Waals surface area contributed by atoms with E-state index in [0.29, 0.717) is 0 Å². The molecular weight excluding hydrogens is 280 g/mol. The zero-order valence-corrected chi connectivity index (χ0v) is 12.8. The SMILES string of the molecule is Cc1ccc(-n2c(C)cc(/C=N/NC(=O)C(N)=O)c2C)cc1. The molecule has 2 amide bonds. The van der Waals surface area contributed by atoms with Crippen molar-refractivity contribution in [3.8, 4) is 5.69 Å². The van der Waals surface area contributed by atoms with Crippen molar-refractivity contribution in [2.75, 3.05) is 0 Å². The molecule has 3 N–H and O–H groups in total. The van der Waals surface area contributed by atoms with E-state index in [1.54, 1.807) is 0 Å². The number of hydrazone groups is 1. The molecule has 0 bridgehead atoms. The van der Waals surface area contributed by atoms with Crippen molar-refractivity contribution in [2.24, 2.45) is 10.8 Å². The van der Waals surface area contributed by atoms with Crippen LogP contribution in [0.2, 0.25) is 0 Å². The number of nitrogens with two attached hydrogens (primary N) is 1. The van der Waals surface area contributed by atoms with Crippen LogP contribution < -0.4 is 11.2 Å². The summed E-state index contributed by atoms with van der Waals surface area (Å²) < 4.78 is 2.09. The third-order valence-electron chi connectivity index (χ3n) is 3.36. The fraction of sp³-hybridized carbons (Fsp3) is 0.188. The van der Waals surface area contributed by atoms with Gasteiger partial charge in [0.1, 0.15) is 0 Å². The van der Waals surface area contributed by atoms with Gasteiger partial charge in [-0.05, 0) is 39.0 Å². The Morgan fingerprint density at radius 3 is 2.41 bits per heavy atom. The largest absolute Gasteiger partial charge is 0.361 e. The summed E-state index contributed by atoms with van der Waals surface area (Å²) in [6, 6.07) is 10.1. The van der Waals surface area contributed by atoms with Gasteiger partial charge in [0.15, 0.2) is 0 Å². The maximum absolute atomic E-state index is 11.0. The lowest BCUT2D eigenvalue weighted by molar-refractivity contribution is -0.137. The molecule has 2 aromatic rings. The van der Waals surface area contributed by atoms with Crippen molar-refractivity contribution in [3.05, 3.63) is 52.8 Å². The van der Waals surface area contributed by atoms with E-state index in [4.69, 9.17) is 5.73 Å². The molecule has 0 atom stereocenters. The van der Waals surface area contributed by atoms with Gasteiger partial charge in [0.2, 0.25) is 0 Å². The van der Waals surface area contributed by atoms with Crippen LogP contribution in [0.25, 0.3) is 5.69 Å². The third-order valence-corrected chi connectivity index (χ3v) is 3.36. The maximum atomic E-state index is 11.0. The number of carbonyl (C=O) groups excluding carboxylic acids is 2. The summed E-state index contributed by atoms with van der Waals surface area (Å²) >= 11 is 0. The molecule has 6 nitrogen and oxygen atoms in total. The Balaban J connectivity index is 2.27. The number of amides is 2. The maximum Gasteiger partial charge on any atom is 0.329 e. The van der Waals surface area contributed by atoms with Crippen LogP contribution in [-0.2, 0) is 9.59 Å². The molecule has 2 rings (SSSR count).